The minimum atomic E-state index is -0.515. The van der Waals surface area contributed by atoms with E-state index in [2.05, 4.69) is 6.07 Å². The van der Waals surface area contributed by atoms with Crippen molar-refractivity contribution in [3.63, 3.8) is 0 Å². The van der Waals surface area contributed by atoms with Crippen LogP contribution in [0.3, 0.4) is 0 Å². The first-order chi connectivity index (χ1) is 7.56. The highest BCUT2D eigenvalue weighted by Crippen LogP contribution is 2.10. The Morgan fingerprint density at radius 1 is 1.56 bits per heavy atom. The molecule has 0 aliphatic carbocycles. The Balaban J connectivity index is 2.81. The number of hydrogen-bond acceptors (Lipinski definition) is 3. The van der Waals surface area contributed by atoms with E-state index in [9.17, 15) is 4.79 Å². The lowest BCUT2D eigenvalue weighted by molar-refractivity contribution is -0.131. The molecule has 16 heavy (non-hydrogen) atoms. The molecule has 0 saturated heterocycles. The first kappa shape index (κ1) is 12.2. The molecule has 1 atom stereocenters. The van der Waals surface area contributed by atoms with Gasteiger partial charge in [-0.3, -0.25) is 4.79 Å². The maximum atomic E-state index is 11.6. The van der Waals surface area contributed by atoms with Gasteiger partial charge in [0.15, 0.2) is 0 Å². The van der Waals surface area contributed by atoms with Crippen molar-refractivity contribution in [2.75, 3.05) is 7.05 Å². The molecule has 0 bridgehead atoms. The number of nitrogens with zero attached hydrogens (tertiary/aromatic N) is 2. The summed E-state index contributed by atoms with van der Waals surface area (Å²) in [7, 11) is 1.68. The molecule has 1 unspecified atom stereocenters. The zero-order chi connectivity index (χ0) is 12.1. The molecule has 1 rings (SSSR count). The number of rotatable bonds is 3. The predicted molar refractivity (Wildman–Crippen MR) is 61.3 cm³/mol. The zero-order valence-corrected chi connectivity index (χ0v) is 9.47. The van der Waals surface area contributed by atoms with Gasteiger partial charge in [-0.05, 0) is 18.6 Å². The molecule has 0 saturated carbocycles. The van der Waals surface area contributed by atoms with E-state index in [0.29, 0.717) is 12.1 Å². The molecule has 2 N–H and O–H groups in total. The van der Waals surface area contributed by atoms with Gasteiger partial charge in [-0.2, -0.15) is 5.26 Å². The lowest BCUT2D eigenvalue weighted by atomic mass is 10.1. The minimum Gasteiger partial charge on any atom is -0.340 e. The van der Waals surface area contributed by atoms with Crippen LogP contribution in [-0.4, -0.2) is 23.9 Å². The number of hydrogen-bond donors (Lipinski definition) is 1. The van der Waals surface area contributed by atoms with E-state index < -0.39 is 6.04 Å². The molecule has 0 aliphatic rings. The van der Waals surface area contributed by atoms with E-state index in [-0.39, 0.29) is 5.91 Å². The number of amides is 1. The zero-order valence-electron chi connectivity index (χ0n) is 9.47. The van der Waals surface area contributed by atoms with Gasteiger partial charge in [0.25, 0.3) is 0 Å². The molecule has 0 fully saturated rings. The van der Waals surface area contributed by atoms with Crippen LogP contribution in [0.25, 0.3) is 0 Å². The second-order valence-corrected chi connectivity index (χ2v) is 3.75. The van der Waals surface area contributed by atoms with Crippen LogP contribution in [0.2, 0.25) is 0 Å². The Kier molecular flexibility index (Phi) is 4.03. The molecule has 0 heterocycles. The number of carbonyl (C=O) groups is 1. The van der Waals surface area contributed by atoms with Crippen molar-refractivity contribution in [2.45, 2.75) is 19.5 Å². The maximum absolute atomic E-state index is 11.6. The van der Waals surface area contributed by atoms with Crippen LogP contribution in [0, 0.1) is 11.3 Å². The van der Waals surface area contributed by atoms with Gasteiger partial charge in [-0.25, -0.2) is 0 Å². The largest absolute Gasteiger partial charge is 0.340 e. The van der Waals surface area contributed by atoms with Gasteiger partial charge in [0.2, 0.25) is 5.91 Å². The number of nitrogens with two attached hydrogens (primary N) is 1. The summed E-state index contributed by atoms with van der Waals surface area (Å²) in [4.78, 5) is 13.1. The molecule has 0 spiro atoms. The van der Waals surface area contributed by atoms with Crippen molar-refractivity contribution in [2.24, 2.45) is 5.73 Å². The summed E-state index contributed by atoms with van der Waals surface area (Å²) in [6, 6.07) is 8.81. The van der Waals surface area contributed by atoms with Gasteiger partial charge in [0, 0.05) is 13.6 Å². The Morgan fingerprint density at radius 3 is 2.75 bits per heavy atom. The van der Waals surface area contributed by atoms with Crippen molar-refractivity contribution < 1.29 is 4.79 Å². The second kappa shape index (κ2) is 5.29. The lowest BCUT2D eigenvalue weighted by Gasteiger charge is -2.19. The molecule has 4 nitrogen and oxygen atoms in total. The molecule has 4 heteroatoms. The fraction of sp³-hybridized carbons (Fsp3) is 0.333. The van der Waals surface area contributed by atoms with Gasteiger partial charge in [0.1, 0.15) is 0 Å². The van der Waals surface area contributed by atoms with Crippen molar-refractivity contribution in [1.82, 2.24) is 4.90 Å². The van der Waals surface area contributed by atoms with Crippen LogP contribution in [-0.2, 0) is 11.3 Å². The fourth-order valence-corrected chi connectivity index (χ4v) is 1.45. The summed E-state index contributed by atoms with van der Waals surface area (Å²) in [5.74, 6) is -0.132. The average molecular weight is 217 g/mol. The summed E-state index contributed by atoms with van der Waals surface area (Å²) in [5.41, 5.74) is 6.93. The molecule has 1 aromatic rings. The molecule has 1 aromatic carbocycles. The van der Waals surface area contributed by atoms with Gasteiger partial charge >= 0.3 is 0 Å². The third kappa shape index (κ3) is 2.81. The number of benzene rings is 1. The molecular weight excluding hydrogens is 202 g/mol. The first-order valence-electron chi connectivity index (χ1n) is 5.05. The molecule has 1 amide bonds. The fourth-order valence-electron chi connectivity index (χ4n) is 1.45. The third-order valence-corrected chi connectivity index (χ3v) is 2.31. The molecule has 0 aliphatic heterocycles. The minimum absolute atomic E-state index is 0.132. The van der Waals surface area contributed by atoms with Crippen LogP contribution in [0.15, 0.2) is 24.3 Å². The Labute approximate surface area is 95.3 Å². The Hall–Kier alpha value is -1.86. The molecule has 0 radical (unpaired) electrons. The first-order valence-corrected chi connectivity index (χ1v) is 5.05. The third-order valence-electron chi connectivity index (χ3n) is 2.31. The van der Waals surface area contributed by atoms with Gasteiger partial charge in [-0.15, -0.1) is 0 Å². The van der Waals surface area contributed by atoms with Crippen LogP contribution >= 0.6 is 0 Å². The van der Waals surface area contributed by atoms with Crippen molar-refractivity contribution in [3.05, 3.63) is 35.4 Å². The van der Waals surface area contributed by atoms with Crippen molar-refractivity contribution >= 4 is 5.91 Å². The molecule has 84 valence electrons. The molecular formula is C12H15N3O. The van der Waals surface area contributed by atoms with Gasteiger partial charge < -0.3 is 10.6 Å². The summed E-state index contributed by atoms with van der Waals surface area (Å²) in [6.45, 7) is 2.05. The standard InChI is InChI=1S/C12H15N3O/c1-9(14)12(16)15(2)8-11-6-4-3-5-10(11)7-13/h3-6,9H,8,14H2,1-2H3. The summed E-state index contributed by atoms with van der Waals surface area (Å²) < 4.78 is 0. The average Bonchev–Trinajstić information content (AvgIpc) is 2.28. The van der Waals surface area contributed by atoms with Crippen LogP contribution < -0.4 is 5.73 Å². The van der Waals surface area contributed by atoms with Crippen molar-refractivity contribution in [1.29, 1.82) is 5.26 Å². The van der Waals surface area contributed by atoms with E-state index in [1.165, 1.54) is 4.90 Å². The Morgan fingerprint density at radius 2 is 2.19 bits per heavy atom. The maximum Gasteiger partial charge on any atom is 0.239 e. The Bertz CT molecular complexity index is 421. The summed E-state index contributed by atoms with van der Waals surface area (Å²) in [5, 5.41) is 8.90. The van der Waals surface area contributed by atoms with Gasteiger partial charge in [-0.1, -0.05) is 18.2 Å². The van der Waals surface area contributed by atoms with E-state index in [1.807, 2.05) is 12.1 Å². The molecule has 0 aromatic heterocycles. The van der Waals surface area contributed by atoms with Gasteiger partial charge in [0.05, 0.1) is 17.7 Å². The monoisotopic (exact) mass is 217 g/mol. The van der Waals surface area contributed by atoms with E-state index >= 15 is 0 Å². The van der Waals surface area contributed by atoms with E-state index in [4.69, 9.17) is 11.0 Å². The number of carbonyl (C=O) groups excluding carboxylic acids is 1. The lowest BCUT2D eigenvalue weighted by Crippen LogP contribution is -2.39. The topological polar surface area (TPSA) is 70.1 Å². The van der Waals surface area contributed by atoms with E-state index in [1.54, 1.807) is 26.1 Å². The van der Waals surface area contributed by atoms with E-state index in [0.717, 1.165) is 5.56 Å². The number of nitriles is 1. The van der Waals surface area contributed by atoms with Crippen LogP contribution in [0.4, 0.5) is 0 Å². The van der Waals surface area contributed by atoms with Crippen LogP contribution in [0.5, 0.6) is 0 Å². The normalized spacial score (nSPS) is 11.6. The quantitative estimate of drug-likeness (QED) is 0.816. The van der Waals surface area contributed by atoms with Crippen molar-refractivity contribution in [3.8, 4) is 6.07 Å². The highest BCUT2D eigenvalue weighted by molar-refractivity contribution is 5.80. The highest BCUT2D eigenvalue weighted by atomic mass is 16.2. The van der Waals surface area contributed by atoms with Crippen LogP contribution in [0.1, 0.15) is 18.1 Å². The second-order valence-electron chi connectivity index (χ2n) is 3.75. The number of likely N-dealkylation sites (N-methyl/N-ethyl adjacent to an activating group) is 1. The smallest absolute Gasteiger partial charge is 0.239 e. The SMILES string of the molecule is CC(N)C(=O)N(C)Cc1ccccc1C#N. The predicted octanol–water partition coefficient (Wildman–Crippen LogP) is 0.864. The summed E-state index contributed by atoms with van der Waals surface area (Å²) in [6.07, 6.45) is 0. The summed E-state index contributed by atoms with van der Waals surface area (Å²) >= 11 is 0. The highest BCUT2D eigenvalue weighted by Gasteiger charge is 2.14.